The molecule has 0 radical (unpaired) electrons. The van der Waals surface area contributed by atoms with Gasteiger partial charge in [-0.05, 0) is 46.0 Å². The Balaban J connectivity index is 1.85. The third-order valence-corrected chi connectivity index (χ3v) is 6.16. The van der Waals surface area contributed by atoms with Crippen molar-refractivity contribution in [3.05, 3.63) is 82.6 Å². The molecule has 4 aromatic rings. The first-order valence-corrected chi connectivity index (χ1v) is 11.3. The molecule has 31 heavy (non-hydrogen) atoms. The van der Waals surface area contributed by atoms with E-state index in [1.807, 2.05) is 67.8 Å². The normalized spacial score (nSPS) is 14.9. The van der Waals surface area contributed by atoms with Crippen LogP contribution in [0.1, 0.15) is 25.1 Å². The van der Waals surface area contributed by atoms with Crippen molar-refractivity contribution in [1.29, 1.82) is 0 Å². The second-order valence-corrected chi connectivity index (χ2v) is 8.17. The largest absolute Gasteiger partial charge is 0.325 e. The fourth-order valence-electron chi connectivity index (χ4n) is 4.17. The summed E-state index contributed by atoms with van der Waals surface area (Å²) in [6.07, 6.45) is 1.64. The average Bonchev–Trinajstić information content (AvgIpc) is 2.81. The second kappa shape index (κ2) is 7.67. The summed E-state index contributed by atoms with van der Waals surface area (Å²) in [5, 5.41) is 7.41. The van der Waals surface area contributed by atoms with E-state index in [-0.39, 0.29) is 11.5 Å². The van der Waals surface area contributed by atoms with Crippen LogP contribution < -0.4 is 15.1 Å². The van der Waals surface area contributed by atoms with E-state index in [4.69, 9.17) is 5.10 Å². The molecule has 5 rings (SSSR count). The number of amides is 1. The molecule has 154 valence electrons. The van der Waals surface area contributed by atoms with Crippen LogP contribution in [0, 0.1) is 0 Å². The van der Waals surface area contributed by atoms with E-state index in [1.54, 1.807) is 9.58 Å². The zero-order valence-electron chi connectivity index (χ0n) is 17.2. The molecule has 1 aliphatic rings. The number of rotatable bonds is 3. The average molecular weight is 430 g/mol. The van der Waals surface area contributed by atoms with Crippen molar-refractivity contribution in [2.45, 2.75) is 24.7 Å². The van der Waals surface area contributed by atoms with Crippen LogP contribution in [-0.2, 0) is 4.79 Å². The summed E-state index contributed by atoms with van der Waals surface area (Å²) in [6.45, 7) is 1.85. The summed E-state index contributed by atoms with van der Waals surface area (Å²) >= 11 is 1.36. The number of hydrogen-bond acceptors (Lipinski definition) is 4. The number of benzene rings is 3. The second-order valence-electron chi connectivity index (χ2n) is 7.37. The minimum Gasteiger partial charge on any atom is -0.291 e. The van der Waals surface area contributed by atoms with Crippen molar-refractivity contribution >= 4 is 34.1 Å². The summed E-state index contributed by atoms with van der Waals surface area (Å²) in [5.74, 6) is -0.0310. The fraction of sp³-hybridized carbons (Fsp3) is 0.167. The van der Waals surface area contributed by atoms with Crippen LogP contribution in [0.2, 0.25) is 0 Å². The van der Waals surface area contributed by atoms with Crippen molar-refractivity contribution < 1.29 is 9.48 Å². The van der Waals surface area contributed by atoms with Crippen molar-refractivity contribution in [2.24, 2.45) is 0 Å². The van der Waals surface area contributed by atoms with E-state index < -0.39 is 6.17 Å². The smallest absolute Gasteiger partial charge is 0.291 e. The van der Waals surface area contributed by atoms with Gasteiger partial charge >= 0.3 is 11.3 Å². The van der Waals surface area contributed by atoms with Gasteiger partial charge in [-0.25, -0.2) is 4.90 Å². The van der Waals surface area contributed by atoms with E-state index in [2.05, 4.69) is 17.1 Å². The number of H-pyrrole nitrogens is 1. The first kappa shape index (κ1) is 19.5. The molecule has 1 N–H and O–H groups in total. The minimum absolute atomic E-state index is 0.0310. The van der Waals surface area contributed by atoms with Gasteiger partial charge in [0.15, 0.2) is 0 Å². The summed E-state index contributed by atoms with van der Waals surface area (Å²) in [5.41, 5.74) is 2.54. The van der Waals surface area contributed by atoms with Crippen LogP contribution in [0.25, 0.3) is 22.0 Å². The molecule has 0 saturated carbocycles. The van der Waals surface area contributed by atoms with Crippen molar-refractivity contribution in [3.8, 4) is 11.3 Å². The third-order valence-electron chi connectivity index (χ3n) is 5.59. The number of nitrogens with one attached hydrogen (secondary N) is 1. The Kier molecular flexibility index (Phi) is 4.82. The Morgan fingerprint density at radius 1 is 1.10 bits per heavy atom. The summed E-state index contributed by atoms with van der Waals surface area (Å²) in [7, 11) is 0. The van der Waals surface area contributed by atoms with Crippen molar-refractivity contribution in [2.75, 3.05) is 11.2 Å². The quantitative estimate of drug-likeness (QED) is 0.396. The van der Waals surface area contributed by atoms with E-state index >= 15 is 0 Å². The molecule has 1 amide bonds. The van der Waals surface area contributed by atoms with Gasteiger partial charge in [0.05, 0.1) is 11.3 Å². The molecule has 0 fully saturated rings. The molecule has 1 atom stereocenters. The first-order valence-electron chi connectivity index (χ1n) is 10.1. The maximum Gasteiger partial charge on any atom is 0.325 e. The third kappa shape index (κ3) is 3.13. The standard InChI is InChI=1S/C24H20N4O2S/c1-3-20(29)27-19-11-7-6-10-18(19)21-22(30)25-24(31-2)26-28(21)23(27)17-13-12-15-8-4-5-9-16(15)14-17/h4-14,23H,3H2,1-2H3/p+1. The number of carbonyl (C=O) groups is 1. The number of fused-ring (bicyclic) bond motifs is 4. The first-order chi connectivity index (χ1) is 15.1. The zero-order valence-corrected chi connectivity index (χ0v) is 18.0. The molecule has 0 spiro atoms. The van der Waals surface area contributed by atoms with Crippen LogP contribution >= 0.6 is 11.8 Å². The highest BCUT2D eigenvalue weighted by molar-refractivity contribution is 7.98. The van der Waals surface area contributed by atoms with Crippen molar-refractivity contribution in [3.63, 3.8) is 0 Å². The highest BCUT2D eigenvalue weighted by Crippen LogP contribution is 2.38. The lowest BCUT2D eigenvalue weighted by molar-refractivity contribution is -0.763. The maximum atomic E-state index is 13.2. The van der Waals surface area contributed by atoms with Gasteiger partial charge in [0, 0.05) is 17.1 Å². The lowest BCUT2D eigenvalue weighted by Gasteiger charge is -2.32. The molecular weight excluding hydrogens is 408 g/mol. The van der Waals surface area contributed by atoms with Crippen molar-refractivity contribution in [1.82, 2.24) is 10.1 Å². The van der Waals surface area contributed by atoms with Gasteiger partial charge in [-0.2, -0.15) is 0 Å². The lowest BCUT2D eigenvalue weighted by atomic mass is 9.99. The number of para-hydroxylation sites is 1. The van der Waals surface area contributed by atoms with E-state index in [9.17, 15) is 9.59 Å². The number of hydrogen-bond donors (Lipinski definition) is 1. The van der Waals surface area contributed by atoms with Crippen LogP contribution in [0.3, 0.4) is 0 Å². The van der Waals surface area contributed by atoms with E-state index in [0.717, 1.165) is 22.0 Å². The molecule has 7 heteroatoms. The van der Waals surface area contributed by atoms with Gasteiger partial charge in [0.2, 0.25) is 11.1 Å². The van der Waals surface area contributed by atoms with Crippen LogP contribution in [0.4, 0.5) is 5.69 Å². The molecule has 0 saturated heterocycles. The number of carbonyl (C=O) groups excluding carboxylic acids is 1. The van der Waals surface area contributed by atoms with Crippen LogP contribution in [-0.4, -0.2) is 22.2 Å². The number of nitrogens with zero attached hydrogens (tertiary/aromatic N) is 3. The number of anilines is 1. The topological polar surface area (TPSA) is 69.9 Å². The lowest BCUT2D eigenvalue weighted by Crippen LogP contribution is -2.60. The molecule has 1 unspecified atom stereocenters. The predicted molar refractivity (Wildman–Crippen MR) is 122 cm³/mol. The maximum absolute atomic E-state index is 13.2. The van der Waals surface area contributed by atoms with Gasteiger partial charge in [-0.3, -0.25) is 14.6 Å². The van der Waals surface area contributed by atoms with Gasteiger partial charge in [-0.15, -0.1) is 0 Å². The molecule has 1 aliphatic heterocycles. The Morgan fingerprint density at radius 3 is 2.61 bits per heavy atom. The molecule has 1 aromatic heterocycles. The Morgan fingerprint density at radius 2 is 1.84 bits per heavy atom. The van der Waals surface area contributed by atoms with Crippen LogP contribution in [0.15, 0.2) is 76.7 Å². The van der Waals surface area contributed by atoms with Gasteiger partial charge in [0.1, 0.15) is 0 Å². The molecule has 0 aliphatic carbocycles. The Bertz CT molecular complexity index is 1380. The van der Waals surface area contributed by atoms with Gasteiger partial charge < -0.3 is 0 Å². The summed E-state index contributed by atoms with van der Waals surface area (Å²) < 4.78 is 1.70. The number of aromatic nitrogens is 3. The zero-order chi connectivity index (χ0) is 21.5. The SMILES string of the molecule is CCC(=O)N1c2ccccc2-c2c(=O)[nH]c(SC)n[n+]2C1c1ccc2ccccc2c1. The molecule has 2 heterocycles. The van der Waals surface area contributed by atoms with E-state index in [0.29, 0.717) is 22.8 Å². The molecule has 0 bridgehead atoms. The van der Waals surface area contributed by atoms with Gasteiger partial charge in [-0.1, -0.05) is 61.2 Å². The van der Waals surface area contributed by atoms with Gasteiger partial charge in [0.25, 0.3) is 6.17 Å². The summed E-state index contributed by atoms with van der Waals surface area (Å²) in [4.78, 5) is 31.0. The number of aromatic amines is 1. The predicted octanol–water partition coefficient (Wildman–Crippen LogP) is 3.90. The fourth-order valence-corrected chi connectivity index (χ4v) is 4.54. The highest BCUT2D eigenvalue weighted by Gasteiger charge is 2.45. The molecule has 6 nitrogen and oxygen atoms in total. The molecule has 3 aromatic carbocycles. The number of thioether (sulfide) groups is 1. The minimum atomic E-state index is -0.560. The van der Waals surface area contributed by atoms with E-state index in [1.165, 1.54) is 11.8 Å². The van der Waals surface area contributed by atoms with Crippen LogP contribution in [0.5, 0.6) is 0 Å². The summed E-state index contributed by atoms with van der Waals surface area (Å²) in [6, 6.07) is 21.7. The molecular formula is C24H21N4O2S+. The Hall–Kier alpha value is -3.45. The Labute approximate surface area is 183 Å². The monoisotopic (exact) mass is 429 g/mol. The highest BCUT2D eigenvalue weighted by atomic mass is 32.2.